The van der Waals surface area contributed by atoms with Crippen molar-refractivity contribution in [3.8, 4) is 6.07 Å². The molecule has 0 aromatic rings. The first-order valence-electron chi connectivity index (χ1n) is 6.48. The molecule has 16 heavy (non-hydrogen) atoms. The Labute approximate surface area is 101 Å². The molecule has 0 aromatic heterocycles. The van der Waals surface area contributed by atoms with Gasteiger partial charge in [-0.2, -0.15) is 5.26 Å². The summed E-state index contributed by atoms with van der Waals surface area (Å²) in [6.45, 7) is 12.3. The second kappa shape index (κ2) is 7.68. The molecule has 0 bridgehead atoms. The molecular formula is C14H28N2. The van der Waals surface area contributed by atoms with Gasteiger partial charge in [-0.3, -0.25) is 0 Å². The van der Waals surface area contributed by atoms with Gasteiger partial charge in [0.05, 0.1) is 6.07 Å². The van der Waals surface area contributed by atoms with Crippen LogP contribution in [-0.2, 0) is 0 Å². The smallest absolute Gasteiger partial charge is 0.0621 e. The first kappa shape index (κ1) is 15.4. The highest BCUT2D eigenvalue weighted by Crippen LogP contribution is 2.21. The third-order valence-electron chi connectivity index (χ3n) is 3.02. The number of hydrogen-bond donors (Lipinski definition) is 1. The van der Waals surface area contributed by atoms with Crippen molar-refractivity contribution in [2.45, 2.75) is 66.3 Å². The SMILES string of the molecule is CC(C)CCC(C)NCC(C)(C)CCC#N. The van der Waals surface area contributed by atoms with Crippen LogP contribution in [0.3, 0.4) is 0 Å². The van der Waals surface area contributed by atoms with Gasteiger partial charge in [-0.1, -0.05) is 27.7 Å². The molecule has 1 N–H and O–H groups in total. The van der Waals surface area contributed by atoms with Gasteiger partial charge in [0.25, 0.3) is 0 Å². The van der Waals surface area contributed by atoms with Crippen molar-refractivity contribution in [3.63, 3.8) is 0 Å². The molecule has 2 nitrogen and oxygen atoms in total. The summed E-state index contributed by atoms with van der Waals surface area (Å²) >= 11 is 0. The second-order valence-corrected chi connectivity index (χ2v) is 6.08. The van der Waals surface area contributed by atoms with Crippen LogP contribution in [0.25, 0.3) is 0 Å². The van der Waals surface area contributed by atoms with Gasteiger partial charge in [0.1, 0.15) is 0 Å². The van der Waals surface area contributed by atoms with Crippen LogP contribution in [0.2, 0.25) is 0 Å². The van der Waals surface area contributed by atoms with E-state index in [1.807, 2.05) is 0 Å². The summed E-state index contributed by atoms with van der Waals surface area (Å²) in [4.78, 5) is 0. The lowest BCUT2D eigenvalue weighted by Gasteiger charge is -2.26. The Balaban J connectivity index is 3.73. The standard InChI is InChI=1S/C14H28N2/c1-12(2)7-8-13(3)16-11-14(4,5)9-6-10-15/h12-13,16H,6-9,11H2,1-5H3. The Kier molecular flexibility index (Phi) is 7.42. The third-order valence-corrected chi connectivity index (χ3v) is 3.02. The van der Waals surface area contributed by atoms with E-state index in [4.69, 9.17) is 5.26 Å². The van der Waals surface area contributed by atoms with E-state index in [0.717, 1.165) is 18.9 Å². The summed E-state index contributed by atoms with van der Waals surface area (Å²) in [7, 11) is 0. The van der Waals surface area contributed by atoms with E-state index in [1.165, 1.54) is 12.8 Å². The maximum Gasteiger partial charge on any atom is 0.0621 e. The summed E-state index contributed by atoms with van der Waals surface area (Å²) in [5.41, 5.74) is 0.238. The fraction of sp³-hybridized carbons (Fsp3) is 0.929. The molecule has 0 aliphatic carbocycles. The van der Waals surface area contributed by atoms with Gasteiger partial charge in [-0.25, -0.2) is 0 Å². The van der Waals surface area contributed by atoms with Crippen molar-refractivity contribution in [3.05, 3.63) is 0 Å². The van der Waals surface area contributed by atoms with Crippen LogP contribution in [0.1, 0.15) is 60.3 Å². The summed E-state index contributed by atoms with van der Waals surface area (Å²) in [6.07, 6.45) is 4.17. The lowest BCUT2D eigenvalue weighted by molar-refractivity contribution is 0.296. The number of rotatable bonds is 8. The molecule has 0 spiro atoms. The summed E-state index contributed by atoms with van der Waals surface area (Å²) < 4.78 is 0. The average Bonchev–Trinajstić information content (AvgIpc) is 2.21. The quantitative estimate of drug-likeness (QED) is 0.682. The van der Waals surface area contributed by atoms with Crippen molar-refractivity contribution >= 4 is 0 Å². The van der Waals surface area contributed by atoms with Gasteiger partial charge in [0.15, 0.2) is 0 Å². The van der Waals surface area contributed by atoms with Crippen LogP contribution < -0.4 is 5.32 Å². The molecule has 0 rings (SSSR count). The van der Waals surface area contributed by atoms with Gasteiger partial charge in [-0.05, 0) is 37.5 Å². The molecule has 0 aromatic carbocycles. The third kappa shape index (κ3) is 8.73. The lowest BCUT2D eigenvalue weighted by Crippen LogP contribution is -2.35. The maximum atomic E-state index is 8.58. The number of nitriles is 1. The van der Waals surface area contributed by atoms with Crippen LogP contribution in [0.15, 0.2) is 0 Å². The van der Waals surface area contributed by atoms with Crippen LogP contribution in [-0.4, -0.2) is 12.6 Å². The van der Waals surface area contributed by atoms with Crippen LogP contribution in [0.4, 0.5) is 0 Å². The molecule has 0 aliphatic rings. The normalized spacial score (nSPS) is 13.8. The molecule has 0 fully saturated rings. The fourth-order valence-electron chi connectivity index (χ4n) is 1.62. The number of nitrogens with one attached hydrogen (secondary N) is 1. The van der Waals surface area contributed by atoms with E-state index in [2.05, 4.69) is 46.0 Å². The highest BCUT2D eigenvalue weighted by Gasteiger charge is 2.17. The van der Waals surface area contributed by atoms with E-state index in [1.54, 1.807) is 0 Å². The van der Waals surface area contributed by atoms with Gasteiger partial charge >= 0.3 is 0 Å². The summed E-state index contributed by atoms with van der Waals surface area (Å²) in [6, 6.07) is 2.81. The average molecular weight is 224 g/mol. The predicted molar refractivity (Wildman–Crippen MR) is 70.2 cm³/mol. The topological polar surface area (TPSA) is 35.8 Å². The van der Waals surface area contributed by atoms with E-state index in [9.17, 15) is 0 Å². The van der Waals surface area contributed by atoms with E-state index < -0.39 is 0 Å². The van der Waals surface area contributed by atoms with Crippen LogP contribution in [0, 0.1) is 22.7 Å². The number of nitrogens with zero attached hydrogens (tertiary/aromatic N) is 1. The molecule has 0 heterocycles. The molecule has 2 heteroatoms. The van der Waals surface area contributed by atoms with Gasteiger partial charge < -0.3 is 5.32 Å². The monoisotopic (exact) mass is 224 g/mol. The molecule has 1 unspecified atom stereocenters. The molecule has 0 aliphatic heterocycles. The molecule has 0 saturated carbocycles. The van der Waals surface area contributed by atoms with Crippen molar-refractivity contribution in [2.24, 2.45) is 11.3 Å². The maximum absolute atomic E-state index is 8.58. The van der Waals surface area contributed by atoms with Crippen molar-refractivity contribution in [1.82, 2.24) is 5.32 Å². The molecule has 1 atom stereocenters. The zero-order valence-electron chi connectivity index (χ0n) is 11.6. The van der Waals surface area contributed by atoms with Crippen molar-refractivity contribution in [1.29, 1.82) is 5.26 Å². The Morgan fingerprint density at radius 1 is 1.19 bits per heavy atom. The molecule has 0 amide bonds. The van der Waals surface area contributed by atoms with Crippen LogP contribution in [0.5, 0.6) is 0 Å². The van der Waals surface area contributed by atoms with E-state index in [0.29, 0.717) is 12.5 Å². The highest BCUT2D eigenvalue weighted by molar-refractivity contribution is 4.79. The number of hydrogen-bond acceptors (Lipinski definition) is 2. The zero-order valence-corrected chi connectivity index (χ0v) is 11.6. The van der Waals surface area contributed by atoms with Crippen molar-refractivity contribution < 1.29 is 0 Å². The Hall–Kier alpha value is -0.550. The molecule has 0 saturated heterocycles. The Morgan fingerprint density at radius 2 is 1.81 bits per heavy atom. The molecule has 94 valence electrons. The van der Waals surface area contributed by atoms with Gasteiger partial charge in [0, 0.05) is 19.0 Å². The van der Waals surface area contributed by atoms with Gasteiger partial charge in [-0.15, -0.1) is 0 Å². The van der Waals surface area contributed by atoms with E-state index >= 15 is 0 Å². The zero-order chi connectivity index (χ0) is 12.6. The Morgan fingerprint density at radius 3 is 2.31 bits per heavy atom. The summed E-state index contributed by atoms with van der Waals surface area (Å²) in [5.74, 6) is 0.788. The fourth-order valence-corrected chi connectivity index (χ4v) is 1.62. The minimum atomic E-state index is 0.238. The predicted octanol–water partition coefficient (Wildman–Crippen LogP) is 3.73. The van der Waals surface area contributed by atoms with E-state index in [-0.39, 0.29) is 5.41 Å². The minimum Gasteiger partial charge on any atom is -0.314 e. The largest absolute Gasteiger partial charge is 0.314 e. The summed E-state index contributed by atoms with van der Waals surface area (Å²) in [5, 5.41) is 12.2. The first-order valence-corrected chi connectivity index (χ1v) is 6.48. The highest BCUT2D eigenvalue weighted by atomic mass is 14.9. The second-order valence-electron chi connectivity index (χ2n) is 6.08. The van der Waals surface area contributed by atoms with Gasteiger partial charge in [0.2, 0.25) is 0 Å². The lowest BCUT2D eigenvalue weighted by atomic mass is 9.87. The molecular weight excluding hydrogens is 196 g/mol. The minimum absolute atomic E-state index is 0.238. The van der Waals surface area contributed by atoms with Crippen LogP contribution >= 0.6 is 0 Å². The Bertz CT molecular complexity index is 213. The van der Waals surface area contributed by atoms with Crippen molar-refractivity contribution in [2.75, 3.05) is 6.54 Å². The first-order chi connectivity index (χ1) is 7.37. The molecule has 0 radical (unpaired) electrons.